The lowest BCUT2D eigenvalue weighted by Gasteiger charge is -2.44. The van der Waals surface area contributed by atoms with Crippen molar-refractivity contribution in [2.24, 2.45) is 17.8 Å². The van der Waals surface area contributed by atoms with E-state index in [0.717, 1.165) is 17.8 Å². The lowest BCUT2D eigenvalue weighted by atomic mass is 9.62. The minimum Gasteiger partial charge on any atom is -0.0502 e. The molecule has 1 radical (unpaired) electrons. The SMILES string of the molecule is [CH2]C1CC2CC(C1)C2. The van der Waals surface area contributed by atoms with Crippen molar-refractivity contribution in [2.45, 2.75) is 25.7 Å². The van der Waals surface area contributed by atoms with Crippen LogP contribution in [0, 0.1) is 24.7 Å². The quantitative estimate of drug-likeness (QED) is 0.447. The lowest BCUT2D eigenvalue weighted by Crippen LogP contribution is -2.32. The molecule has 0 heterocycles. The molecule has 0 atom stereocenters. The Morgan fingerprint density at radius 3 is 1.62 bits per heavy atom. The van der Waals surface area contributed by atoms with Gasteiger partial charge in [-0.25, -0.2) is 0 Å². The molecule has 3 fully saturated rings. The summed E-state index contributed by atoms with van der Waals surface area (Å²) in [7, 11) is 0. The van der Waals surface area contributed by atoms with Crippen LogP contribution < -0.4 is 0 Å². The molecule has 0 spiro atoms. The Morgan fingerprint density at radius 1 is 0.875 bits per heavy atom. The molecule has 0 aromatic heterocycles. The summed E-state index contributed by atoms with van der Waals surface area (Å²) in [5, 5.41) is 0. The fraction of sp³-hybridized carbons (Fsp3) is 0.875. The first-order valence-electron chi connectivity index (χ1n) is 3.67. The molecule has 0 heteroatoms. The first-order chi connectivity index (χ1) is 3.84. The first-order valence-corrected chi connectivity index (χ1v) is 3.67. The second-order valence-electron chi connectivity index (χ2n) is 3.54. The van der Waals surface area contributed by atoms with Crippen molar-refractivity contribution in [3.63, 3.8) is 0 Å². The maximum Gasteiger partial charge on any atom is -0.0406 e. The van der Waals surface area contributed by atoms with Gasteiger partial charge in [0, 0.05) is 0 Å². The minimum absolute atomic E-state index is 0.812. The molecule has 0 N–H and O–H groups in total. The van der Waals surface area contributed by atoms with Crippen LogP contribution in [0.5, 0.6) is 0 Å². The van der Waals surface area contributed by atoms with Gasteiger partial charge in [-0.05, 0) is 43.4 Å². The molecule has 8 heavy (non-hydrogen) atoms. The summed E-state index contributed by atoms with van der Waals surface area (Å²) in [5.41, 5.74) is 0. The summed E-state index contributed by atoms with van der Waals surface area (Å²) < 4.78 is 0. The third kappa shape index (κ3) is 0.586. The Kier molecular flexibility index (Phi) is 0.902. The van der Waals surface area contributed by atoms with Crippen LogP contribution in [0.25, 0.3) is 0 Å². The maximum absolute atomic E-state index is 4.08. The van der Waals surface area contributed by atoms with Gasteiger partial charge in [-0.1, -0.05) is 6.92 Å². The highest BCUT2D eigenvalue weighted by Gasteiger charge is 2.35. The molecule has 3 aliphatic carbocycles. The first kappa shape index (κ1) is 4.84. The lowest BCUT2D eigenvalue weighted by molar-refractivity contribution is 0.0849. The molecule has 0 aromatic rings. The van der Waals surface area contributed by atoms with Crippen LogP contribution in [0.15, 0.2) is 0 Å². The Morgan fingerprint density at radius 2 is 1.38 bits per heavy atom. The average Bonchev–Trinajstić information content (AvgIpc) is 1.62. The van der Waals surface area contributed by atoms with Crippen molar-refractivity contribution in [1.29, 1.82) is 0 Å². The smallest absolute Gasteiger partial charge is 0.0406 e. The van der Waals surface area contributed by atoms with Gasteiger partial charge in [-0.3, -0.25) is 0 Å². The van der Waals surface area contributed by atoms with Crippen LogP contribution in [0.2, 0.25) is 0 Å². The zero-order valence-electron chi connectivity index (χ0n) is 5.27. The maximum atomic E-state index is 4.08. The Balaban J connectivity index is 1.97. The zero-order valence-corrected chi connectivity index (χ0v) is 5.27. The highest BCUT2D eigenvalue weighted by molar-refractivity contribution is 4.89. The molecule has 0 aliphatic heterocycles. The van der Waals surface area contributed by atoms with Gasteiger partial charge in [-0.2, -0.15) is 0 Å². The van der Waals surface area contributed by atoms with Crippen molar-refractivity contribution < 1.29 is 0 Å². The predicted octanol–water partition coefficient (Wildman–Crippen LogP) is 2.26. The van der Waals surface area contributed by atoms with E-state index in [1.54, 1.807) is 0 Å². The molecule has 45 valence electrons. The Bertz CT molecular complexity index is 80.2. The van der Waals surface area contributed by atoms with Gasteiger partial charge in [0.1, 0.15) is 0 Å². The van der Waals surface area contributed by atoms with Gasteiger partial charge in [0.15, 0.2) is 0 Å². The van der Waals surface area contributed by atoms with Crippen molar-refractivity contribution in [2.75, 3.05) is 0 Å². The van der Waals surface area contributed by atoms with Crippen molar-refractivity contribution in [3.05, 3.63) is 6.92 Å². The predicted molar refractivity (Wildman–Crippen MR) is 34.3 cm³/mol. The monoisotopic (exact) mass is 109 g/mol. The van der Waals surface area contributed by atoms with Gasteiger partial charge < -0.3 is 0 Å². The molecule has 0 nitrogen and oxygen atoms in total. The molecule has 0 aromatic carbocycles. The highest BCUT2D eigenvalue weighted by atomic mass is 14.4. The van der Waals surface area contributed by atoms with E-state index in [2.05, 4.69) is 6.92 Å². The third-order valence-corrected chi connectivity index (χ3v) is 2.67. The second-order valence-corrected chi connectivity index (χ2v) is 3.54. The van der Waals surface area contributed by atoms with Gasteiger partial charge in [0.25, 0.3) is 0 Å². The van der Waals surface area contributed by atoms with Gasteiger partial charge in [0.05, 0.1) is 0 Å². The van der Waals surface area contributed by atoms with Crippen molar-refractivity contribution >= 4 is 0 Å². The van der Waals surface area contributed by atoms with E-state index >= 15 is 0 Å². The summed E-state index contributed by atoms with van der Waals surface area (Å²) in [5.74, 6) is 3.00. The largest absolute Gasteiger partial charge is 0.0502 e. The van der Waals surface area contributed by atoms with Crippen molar-refractivity contribution in [3.8, 4) is 0 Å². The second kappa shape index (κ2) is 1.49. The molecule has 3 saturated carbocycles. The van der Waals surface area contributed by atoms with Crippen LogP contribution in [0.4, 0.5) is 0 Å². The van der Waals surface area contributed by atoms with E-state index in [1.807, 2.05) is 0 Å². The fourth-order valence-corrected chi connectivity index (χ4v) is 2.30. The van der Waals surface area contributed by atoms with Gasteiger partial charge in [0.2, 0.25) is 0 Å². The van der Waals surface area contributed by atoms with Crippen molar-refractivity contribution in [1.82, 2.24) is 0 Å². The zero-order chi connectivity index (χ0) is 5.56. The number of rotatable bonds is 0. The molecular weight excluding hydrogens is 96.1 g/mol. The normalized spacial score (nSPS) is 52.9. The highest BCUT2D eigenvalue weighted by Crippen LogP contribution is 2.47. The average molecular weight is 109 g/mol. The van der Waals surface area contributed by atoms with E-state index in [-0.39, 0.29) is 0 Å². The summed E-state index contributed by atoms with van der Waals surface area (Å²) in [6.45, 7) is 4.08. The topological polar surface area (TPSA) is 0 Å². The number of fused-ring (bicyclic) bond motifs is 2. The van der Waals surface area contributed by atoms with Crippen LogP contribution in [0.1, 0.15) is 25.7 Å². The van der Waals surface area contributed by atoms with E-state index in [1.165, 1.54) is 25.7 Å². The van der Waals surface area contributed by atoms with Crippen LogP contribution >= 0.6 is 0 Å². The summed E-state index contributed by atoms with van der Waals surface area (Å²) >= 11 is 0. The van der Waals surface area contributed by atoms with E-state index in [4.69, 9.17) is 0 Å². The van der Waals surface area contributed by atoms with Gasteiger partial charge >= 0.3 is 0 Å². The summed E-state index contributed by atoms with van der Waals surface area (Å²) in [4.78, 5) is 0. The summed E-state index contributed by atoms with van der Waals surface area (Å²) in [6.07, 6.45) is 5.92. The number of hydrogen-bond donors (Lipinski definition) is 0. The Hall–Kier alpha value is 0. The van der Waals surface area contributed by atoms with Gasteiger partial charge in [-0.15, -0.1) is 0 Å². The third-order valence-electron chi connectivity index (χ3n) is 2.67. The molecular formula is C8H13. The molecule has 3 rings (SSSR count). The Labute approximate surface area is 51.3 Å². The minimum atomic E-state index is 0.812. The molecule has 0 amide bonds. The van der Waals surface area contributed by atoms with Crippen LogP contribution in [-0.4, -0.2) is 0 Å². The number of hydrogen-bond acceptors (Lipinski definition) is 0. The fourth-order valence-electron chi connectivity index (χ4n) is 2.30. The van der Waals surface area contributed by atoms with E-state index in [0.29, 0.717) is 0 Å². The van der Waals surface area contributed by atoms with Crippen LogP contribution in [0.3, 0.4) is 0 Å². The standard InChI is InChI=1S/C8H13/c1-6-2-7-4-8(3-6)5-7/h6-8H,1-5H2. The van der Waals surface area contributed by atoms with E-state index < -0.39 is 0 Å². The molecule has 2 bridgehead atoms. The molecule has 0 saturated heterocycles. The van der Waals surface area contributed by atoms with Crippen LogP contribution in [-0.2, 0) is 0 Å². The van der Waals surface area contributed by atoms with E-state index in [9.17, 15) is 0 Å². The molecule has 0 unspecified atom stereocenters. The summed E-state index contributed by atoms with van der Waals surface area (Å²) in [6, 6.07) is 0. The molecule has 3 aliphatic rings.